The highest BCUT2D eigenvalue weighted by Gasteiger charge is 2.21. The molecule has 5 heteroatoms. The van der Waals surface area contributed by atoms with E-state index in [0.717, 1.165) is 11.4 Å². The van der Waals surface area contributed by atoms with Gasteiger partial charge in [0.15, 0.2) is 5.82 Å². The second-order valence-electron chi connectivity index (χ2n) is 4.93. The summed E-state index contributed by atoms with van der Waals surface area (Å²) in [5.74, 6) is 1.15. The van der Waals surface area contributed by atoms with Crippen LogP contribution in [-0.2, 0) is 11.2 Å². The molecule has 1 saturated carbocycles. The number of benzene rings is 1. The van der Waals surface area contributed by atoms with Crippen LogP contribution in [0.1, 0.15) is 18.4 Å². The molecule has 5 nitrogen and oxygen atoms in total. The molecule has 1 aliphatic rings. The molecule has 0 atom stereocenters. The Morgan fingerprint density at radius 2 is 1.75 bits per heavy atom. The summed E-state index contributed by atoms with van der Waals surface area (Å²) in [6, 6.07) is 13.8. The van der Waals surface area contributed by atoms with Crippen molar-refractivity contribution in [2.24, 2.45) is 0 Å². The van der Waals surface area contributed by atoms with E-state index < -0.39 is 0 Å². The molecule has 1 aromatic heterocycles. The summed E-state index contributed by atoms with van der Waals surface area (Å²) in [6.07, 6.45) is 2.72. The van der Waals surface area contributed by atoms with E-state index in [-0.39, 0.29) is 5.91 Å². The molecule has 3 rings (SSSR count). The molecule has 20 heavy (non-hydrogen) atoms. The SMILES string of the molecule is O=C(Cc1ccccc1)Nc1ccc(NC2CC2)nn1. The lowest BCUT2D eigenvalue weighted by molar-refractivity contribution is -0.115. The fourth-order valence-electron chi connectivity index (χ4n) is 1.88. The van der Waals surface area contributed by atoms with Crippen molar-refractivity contribution in [3.05, 3.63) is 48.0 Å². The van der Waals surface area contributed by atoms with Crippen molar-refractivity contribution in [1.29, 1.82) is 0 Å². The first-order valence-corrected chi connectivity index (χ1v) is 6.73. The number of nitrogens with zero attached hydrogens (tertiary/aromatic N) is 2. The van der Waals surface area contributed by atoms with Crippen molar-refractivity contribution >= 4 is 17.5 Å². The Bertz CT molecular complexity index is 579. The monoisotopic (exact) mass is 268 g/mol. The van der Waals surface area contributed by atoms with E-state index in [4.69, 9.17) is 0 Å². The normalized spacial score (nSPS) is 13.8. The molecule has 1 fully saturated rings. The average molecular weight is 268 g/mol. The third-order valence-electron chi connectivity index (χ3n) is 3.07. The van der Waals surface area contributed by atoms with Crippen molar-refractivity contribution in [1.82, 2.24) is 10.2 Å². The van der Waals surface area contributed by atoms with Crippen LogP contribution in [0.25, 0.3) is 0 Å². The lowest BCUT2D eigenvalue weighted by Crippen LogP contribution is -2.16. The maximum atomic E-state index is 11.9. The number of carbonyl (C=O) groups excluding carboxylic acids is 1. The predicted molar refractivity (Wildman–Crippen MR) is 77.5 cm³/mol. The molecule has 0 saturated heterocycles. The molecule has 0 radical (unpaired) electrons. The van der Waals surface area contributed by atoms with E-state index in [2.05, 4.69) is 20.8 Å². The average Bonchev–Trinajstić information content (AvgIpc) is 3.26. The van der Waals surface area contributed by atoms with Crippen LogP contribution in [0.15, 0.2) is 42.5 Å². The summed E-state index contributed by atoms with van der Waals surface area (Å²) >= 11 is 0. The smallest absolute Gasteiger partial charge is 0.229 e. The van der Waals surface area contributed by atoms with Gasteiger partial charge in [-0.3, -0.25) is 4.79 Å². The fourth-order valence-corrected chi connectivity index (χ4v) is 1.88. The van der Waals surface area contributed by atoms with Crippen molar-refractivity contribution in [2.45, 2.75) is 25.3 Å². The van der Waals surface area contributed by atoms with Crippen LogP contribution in [0.3, 0.4) is 0 Å². The molecule has 1 amide bonds. The summed E-state index contributed by atoms with van der Waals surface area (Å²) in [7, 11) is 0. The zero-order valence-electron chi connectivity index (χ0n) is 11.0. The Kier molecular flexibility index (Phi) is 3.58. The van der Waals surface area contributed by atoms with Crippen LogP contribution in [0, 0.1) is 0 Å². The molecular weight excluding hydrogens is 252 g/mol. The number of anilines is 2. The van der Waals surface area contributed by atoms with Crippen molar-refractivity contribution in [2.75, 3.05) is 10.6 Å². The summed E-state index contributed by atoms with van der Waals surface area (Å²) in [4.78, 5) is 11.9. The van der Waals surface area contributed by atoms with Gasteiger partial charge in [-0.15, -0.1) is 10.2 Å². The molecule has 1 aromatic carbocycles. The quantitative estimate of drug-likeness (QED) is 0.872. The van der Waals surface area contributed by atoms with Gasteiger partial charge in [0.1, 0.15) is 5.82 Å². The highest BCUT2D eigenvalue weighted by atomic mass is 16.1. The number of carbonyl (C=O) groups is 1. The largest absolute Gasteiger partial charge is 0.366 e. The van der Waals surface area contributed by atoms with Crippen LogP contribution in [0.5, 0.6) is 0 Å². The standard InChI is InChI=1S/C15H16N4O/c20-15(10-11-4-2-1-3-5-11)17-14-9-8-13(18-19-14)16-12-6-7-12/h1-5,8-9,12H,6-7,10H2,(H,16,18)(H,17,19,20). The maximum Gasteiger partial charge on any atom is 0.229 e. The Morgan fingerprint density at radius 3 is 2.40 bits per heavy atom. The van der Waals surface area contributed by atoms with Crippen molar-refractivity contribution < 1.29 is 4.79 Å². The first-order chi connectivity index (χ1) is 9.79. The number of rotatable bonds is 5. The minimum absolute atomic E-state index is 0.0894. The molecule has 0 spiro atoms. The van der Waals surface area contributed by atoms with E-state index >= 15 is 0 Å². The van der Waals surface area contributed by atoms with Crippen LogP contribution >= 0.6 is 0 Å². The van der Waals surface area contributed by atoms with Crippen LogP contribution in [0.2, 0.25) is 0 Å². The number of hydrogen-bond acceptors (Lipinski definition) is 4. The summed E-state index contributed by atoms with van der Waals surface area (Å²) in [5, 5.41) is 14.0. The number of hydrogen-bond donors (Lipinski definition) is 2. The van der Waals surface area contributed by atoms with Gasteiger partial charge in [0.05, 0.1) is 6.42 Å². The molecule has 102 valence electrons. The van der Waals surface area contributed by atoms with Crippen LogP contribution in [0.4, 0.5) is 11.6 Å². The van der Waals surface area contributed by atoms with Gasteiger partial charge in [0.2, 0.25) is 5.91 Å². The van der Waals surface area contributed by atoms with Gasteiger partial charge in [0.25, 0.3) is 0 Å². The van der Waals surface area contributed by atoms with Gasteiger partial charge < -0.3 is 10.6 Å². The zero-order valence-corrected chi connectivity index (χ0v) is 11.0. The molecule has 0 aliphatic heterocycles. The zero-order chi connectivity index (χ0) is 13.8. The summed E-state index contributed by atoms with van der Waals surface area (Å²) in [6.45, 7) is 0. The fraction of sp³-hybridized carbons (Fsp3) is 0.267. The van der Waals surface area contributed by atoms with E-state index in [1.165, 1.54) is 12.8 Å². The molecular formula is C15H16N4O. The molecule has 2 aromatic rings. The highest BCUT2D eigenvalue weighted by Crippen LogP contribution is 2.23. The topological polar surface area (TPSA) is 66.9 Å². The summed E-state index contributed by atoms with van der Waals surface area (Å²) in [5.41, 5.74) is 0.977. The maximum absolute atomic E-state index is 11.9. The molecule has 1 heterocycles. The lowest BCUT2D eigenvalue weighted by atomic mass is 10.1. The van der Waals surface area contributed by atoms with Gasteiger partial charge in [-0.05, 0) is 30.5 Å². The highest BCUT2D eigenvalue weighted by molar-refractivity contribution is 5.91. The Balaban J connectivity index is 1.55. The van der Waals surface area contributed by atoms with E-state index in [0.29, 0.717) is 18.3 Å². The molecule has 0 bridgehead atoms. The molecule has 2 N–H and O–H groups in total. The first-order valence-electron chi connectivity index (χ1n) is 6.73. The summed E-state index contributed by atoms with van der Waals surface area (Å²) < 4.78 is 0. The van der Waals surface area contributed by atoms with Crippen LogP contribution in [-0.4, -0.2) is 22.1 Å². The second-order valence-corrected chi connectivity index (χ2v) is 4.93. The van der Waals surface area contributed by atoms with Crippen molar-refractivity contribution in [3.63, 3.8) is 0 Å². The number of amides is 1. The third kappa shape index (κ3) is 3.54. The van der Waals surface area contributed by atoms with Gasteiger partial charge in [-0.2, -0.15) is 0 Å². The van der Waals surface area contributed by atoms with E-state index in [9.17, 15) is 4.79 Å². The van der Waals surface area contributed by atoms with Crippen LogP contribution < -0.4 is 10.6 Å². The minimum Gasteiger partial charge on any atom is -0.366 e. The minimum atomic E-state index is -0.0894. The Morgan fingerprint density at radius 1 is 1.05 bits per heavy atom. The van der Waals surface area contributed by atoms with E-state index in [1.54, 1.807) is 6.07 Å². The van der Waals surface area contributed by atoms with Gasteiger partial charge >= 0.3 is 0 Å². The lowest BCUT2D eigenvalue weighted by Gasteiger charge is -2.05. The number of aromatic nitrogens is 2. The molecule has 1 aliphatic carbocycles. The van der Waals surface area contributed by atoms with Gasteiger partial charge in [-0.25, -0.2) is 0 Å². The van der Waals surface area contributed by atoms with Gasteiger partial charge in [0, 0.05) is 6.04 Å². The number of nitrogens with one attached hydrogen (secondary N) is 2. The Labute approximate surface area is 117 Å². The molecule has 0 unspecified atom stereocenters. The van der Waals surface area contributed by atoms with Crippen molar-refractivity contribution in [3.8, 4) is 0 Å². The van der Waals surface area contributed by atoms with E-state index in [1.807, 2.05) is 36.4 Å². The predicted octanol–water partition coefficient (Wildman–Crippen LogP) is 2.23. The van der Waals surface area contributed by atoms with Gasteiger partial charge in [-0.1, -0.05) is 30.3 Å². The third-order valence-corrected chi connectivity index (χ3v) is 3.07. The first kappa shape index (κ1) is 12.6. The second kappa shape index (κ2) is 5.69. The Hall–Kier alpha value is -2.43.